The first-order chi connectivity index (χ1) is 15.8. The fourth-order valence-electron chi connectivity index (χ4n) is 2.76. The number of aromatic hydroxyl groups is 1. The number of phenolic OH excluding ortho intramolecular Hbond substituents is 1. The lowest BCUT2D eigenvalue weighted by molar-refractivity contribution is -0.384. The summed E-state index contributed by atoms with van der Waals surface area (Å²) in [6, 6.07) is 13.8. The Labute approximate surface area is 201 Å². The number of phenols is 1. The number of non-ortho nitro benzene ring substituents is 1. The first-order valence-electron chi connectivity index (χ1n) is 9.34. The quantitative estimate of drug-likeness (QED) is 0.236. The lowest BCUT2D eigenvalue weighted by Crippen LogP contribution is -2.18. The Morgan fingerprint density at radius 1 is 1.27 bits per heavy atom. The minimum absolute atomic E-state index is 0.227. The number of ether oxygens (including phenoxy) is 2. The number of nitrogens with one attached hydrogen (secondary N) is 1. The first-order valence-corrected chi connectivity index (χ1v) is 10.5. The second-order valence-electron chi connectivity index (χ2n) is 6.57. The summed E-state index contributed by atoms with van der Waals surface area (Å²) >= 11 is 9.60. The van der Waals surface area contributed by atoms with Crippen molar-refractivity contribution in [2.24, 2.45) is 5.10 Å². The summed E-state index contributed by atoms with van der Waals surface area (Å²) in [7, 11) is 1.48. The monoisotopic (exact) mass is 533 g/mol. The number of methoxy groups -OCH3 is 1. The third-order valence-corrected chi connectivity index (χ3v) is 5.35. The topological polar surface area (TPSA) is 123 Å². The summed E-state index contributed by atoms with van der Waals surface area (Å²) in [6.07, 6.45) is 1.34. The van der Waals surface area contributed by atoms with Gasteiger partial charge in [-0.25, -0.2) is 5.43 Å². The van der Waals surface area contributed by atoms with Crippen LogP contribution in [-0.2, 0) is 6.61 Å². The maximum atomic E-state index is 12.2. The highest BCUT2D eigenvalue weighted by molar-refractivity contribution is 9.10. The number of hydrogen-bond donors (Lipinski definition) is 2. The van der Waals surface area contributed by atoms with Gasteiger partial charge in [0.2, 0.25) is 0 Å². The van der Waals surface area contributed by atoms with E-state index in [9.17, 15) is 20.0 Å². The second kappa shape index (κ2) is 10.8. The van der Waals surface area contributed by atoms with Crippen LogP contribution in [0.3, 0.4) is 0 Å². The van der Waals surface area contributed by atoms with Crippen LogP contribution in [0.25, 0.3) is 0 Å². The van der Waals surface area contributed by atoms with E-state index < -0.39 is 16.6 Å². The summed E-state index contributed by atoms with van der Waals surface area (Å²) < 4.78 is 11.9. The molecule has 0 heterocycles. The molecule has 3 aromatic carbocycles. The summed E-state index contributed by atoms with van der Waals surface area (Å²) in [5, 5.41) is 25.1. The standard InChI is InChI=1S/C22H17BrClN3O6/c1-32-20-9-13(8-17(23)21(20)33-12-14-4-2-3-5-18(14)24)11-25-26-22(29)16-10-15(27(30)31)6-7-19(16)28/h2-11,28H,12H2,1H3,(H,26,29)/b25-11+. The van der Waals surface area contributed by atoms with E-state index in [0.717, 1.165) is 23.8 Å². The predicted octanol–water partition coefficient (Wildman–Crippen LogP) is 5.07. The molecule has 0 aliphatic heterocycles. The number of nitrogens with zero attached hydrogens (tertiary/aromatic N) is 2. The average Bonchev–Trinajstić information content (AvgIpc) is 2.79. The van der Waals surface area contributed by atoms with Crippen molar-refractivity contribution in [2.45, 2.75) is 6.61 Å². The van der Waals surface area contributed by atoms with E-state index in [1.807, 2.05) is 18.2 Å². The molecular weight excluding hydrogens is 518 g/mol. The summed E-state index contributed by atoms with van der Waals surface area (Å²) in [5.41, 5.74) is 2.99. The van der Waals surface area contributed by atoms with Gasteiger partial charge in [-0.3, -0.25) is 14.9 Å². The van der Waals surface area contributed by atoms with Crippen LogP contribution < -0.4 is 14.9 Å². The van der Waals surface area contributed by atoms with E-state index in [0.29, 0.717) is 26.6 Å². The Hall–Kier alpha value is -3.63. The number of rotatable bonds is 8. The fraction of sp³-hybridized carbons (Fsp3) is 0.0909. The zero-order valence-electron chi connectivity index (χ0n) is 17.1. The molecule has 0 atom stereocenters. The maximum absolute atomic E-state index is 12.2. The number of carbonyl (C=O) groups is 1. The van der Waals surface area contributed by atoms with Crippen LogP contribution in [0.1, 0.15) is 21.5 Å². The molecular formula is C22H17BrClN3O6. The van der Waals surface area contributed by atoms with E-state index >= 15 is 0 Å². The van der Waals surface area contributed by atoms with Crippen molar-refractivity contribution >= 4 is 45.3 Å². The van der Waals surface area contributed by atoms with Crippen LogP contribution in [0.15, 0.2) is 64.2 Å². The molecule has 0 aromatic heterocycles. The zero-order valence-corrected chi connectivity index (χ0v) is 19.5. The first kappa shape index (κ1) is 24.0. The van der Waals surface area contributed by atoms with Crippen LogP contribution >= 0.6 is 27.5 Å². The summed E-state index contributed by atoms with van der Waals surface area (Å²) in [5.74, 6) is -0.337. The summed E-state index contributed by atoms with van der Waals surface area (Å²) in [4.78, 5) is 22.5. The van der Waals surface area contributed by atoms with Crippen LogP contribution in [0.2, 0.25) is 5.02 Å². The Morgan fingerprint density at radius 3 is 2.73 bits per heavy atom. The van der Waals surface area contributed by atoms with Crippen molar-refractivity contribution in [1.29, 1.82) is 0 Å². The molecule has 0 bridgehead atoms. The molecule has 170 valence electrons. The van der Waals surface area contributed by atoms with Gasteiger partial charge in [0.1, 0.15) is 12.4 Å². The van der Waals surface area contributed by atoms with Crippen molar-refractivity contribution in [1.82, 2.24) is 5.43 Å². The molecule has 0 fully saturated rings. The Kier molecular flexibility index (Phi) is 7.86. The van der Waals surface area contributed by atoms with Gasteiger partial charge < -0.3 is 14.6 Å². The molecule has 1 amide bonds. The van der Waals surface area contributed by atoms with Gasteiger partial charge in [0.25, 0.3) is 11.6 Å². The van der Waals surface area contributed by atoms with Crippen molar-refractivity contribution in [2.75, 3.05) is 7.11 Å². The minimum Gasteiger partial charge on any atom is -0.507 e. The molecule has 0 radical (unpaired) electrons. The van der Waals surface area contributed by atoms with Gasteiger partial charge in [0, 0.05) is 22.7 Å². The number of hydrazone groups is 1. The Morgan fingerprint density at radius 2 is 2.03 bits per heavy atom. The molecule has 0 saturated carbocycles. The largest absolute Gasteiger partial charge is 0.507 e. The number of amides is 1. The van der Waals surface area contributed by atoms with Gasteiger partial charge in [-0.15, -0.1) is 0 Å². The van der Waals surface area contributed by atoms with E-state index in [1.54, 1.807) is 18.2 Å². The molecule has 11 heteroatoms. The van der Waals surface area contributed by atoms with Gasteiger partial charge >= 0.3 is 0 Å². The van der Waals surface area contributed by atoms with Gasteiger partial charge in [-0.2, -0.15) is 5.10 Å². The molecule has 2 N–H and O–H groups in total. The third kappa shape index (κ3) is 5.99. The van der Waals surface area contributed by atoms with Crippen LogP contribution in [0.4, 0.5) is 5.69 Å². The van der Waals surface area contributed by atoms with E-state index in [4.69, 9.17) is 21.1 Å². The predicted molar refractivity (Wildman–Crippen MR) is 126 cm³/mol. The normalized spacial score (nSPS) is 10.8. The fourth-order valence-corrected chi connectivity index (χ4v) is 3.53. The van der Waals surface area contributed by atoms with Gasteiger partial charge in [-0.05, 0) is 45.8 Å². The highest BCUT2D eigenvalue weighted by atomic mass is 79.9. The van der Waals surface area contributed by atoms with Crippen molar-refractivity contribution in [3.8, 4) is 17.2 Å². The highest BCUT2D eigenvalue weighted by Crippen LogP contribution is 2.37. The van der Waals surface area contributed by atoms with E-state index in [1.165, 1.54) is 13.3 Å². The Balaban J connectivity index is 1.73. The van der Waals surface area contributed by atoms with Crippen LogP contribution in [0.5, 0.6) is 17.2 Å². The van der Waals surface area contributed by atoms with Crippen molar-refractivity contribution in [3.05, 3.63) is 90.9 Å². The van der Waals surface area contributed by atoms with E-state index in [2.05, 4.69) is 26.5 Å². The smallest absolute Gasteiger partial charge is 0.275 e. The number of hydrogen-bond acceptors (Lipinski definition) is 7. The van der Waals surface area contributed by atoms with Crippen molar-refractivity contribution < 1.29 is 24.3 Å². The summed E-state index contributed by atoms with van der Waals surface area (Å²) in [6.45, 7) is 0.227. The molecule has 9 nitrogen and oxygen atoms in total. The number of nitro groups is 1. The molecule has 33 heavy (non-hydrogen) atoms. The molecule has 0 aliphatic carbocycles. The molecule has 0 spiro atoms. The molecule has 3 rings (SSSR count). The third-order valence-electron chi connectivity index (χ3n) is 4.40. The SMILES string of the molecule is COc1cc(/C=N/NC(=O)c2cc([N+](=O)[O-])ccc2O)cc(Br)c1OCc1ccccc1Cl. The van der Waals surface area contributed by atoms with Gasteiger partial charge in [0.15, 0.2) is 11.5 Å². The van der Waals surface area contributed by atoms with Crippen LogP contribution in [-0.4, -0.2) is 29.3 Å². The molecule has 0 aliphatic rings. The minimum atomic E-state index is -0.807. The number of nitro benzene ring substituents is 1. The van der Waals surface area contributed by atoms with Crippen LogP contribution in [0, 0.1) is 10.1 Å². The molecule has 0 saturated heterocycles. The highest BCUT2D eigenvalue weighted by Gasteiger charge is 2.16. The lowest BCUT2D eigenvalue weighted by atomic mass is 10.1. The Bertz CT molecular complexity index is 1230. The average molecular weight is 535 g/mol. The van der Waals surface area contributed by atoms with Gasteiger partial charge in [0.05, 0.1) is 28.3 Å². The van der Waals surface area contributed by atoms with Gasteiger partial charge in [-0.1, -0.05) is 29.8 Å². The number of carbonyl (C=O) groups excluding carboxylic acids is 1. The van der Waals surface area contributed by atoms with E-state index in [-0.39, 0.29) is 17.9 Å². The second-order valence-corrected chi connectivity index (χ2v) is 7.83. The molecule has 0 unspecified atom stereocenters. The number of benzene rings is 3. The van der Waals surface area contributed by atoms with Crippen molar-refractivity contribution in [3.63, 3.8) is 0 Å². The number of halogens is 2. The maximum Gasteiger partial charge on any atom is 0.275 e. The zero-order chi connectivity index (χ0) is 24.0. The molecule has 3 aromatic rings. The lowest BCUT2D eigenvalue weighted by Gasteiger charge is -2.14.